The van der Waals surface area contributed by atoms with Crippen molar-refractivity contribution >= 4 is 23.4 Å². The van der Waals surface area contributed by atoms with Gasteiger partial charge in [0.2, 0.25) is 11.8 Å². The topological polar surface area (TPSA) is 80.0 Å². The molecule has 1 aliphatic heterocycles. The van der Waals surface area contributed by atoms with Gasteiger partial charge in [0.15, 0.2) is 0 Å². The molecule has 1 atom stereocenters. The minimum absolute atomic E-state index is 0.0811. The maximum absolute atomic E-state index is 12.1. The minimum atomic E-state index is -0.0811. The zero-order chi connectivity index (χ0) is 16.2. The highest BCUT2D eigenvalue weighted by Gasteiger charge is 2.22. The number of hydrogen-bond donors (Lipinski definition) is 2. The Bertz CT molecular complexity index is 695. The van der Waals surface area contributed by atoms with Crippen molar-refractivity contribution in [3.8, 4) is 0 Å². The van der Waals surface area contributed by atoms with Crippen LogP contribution in [-0.2, 0) is 4.79 Å². The summed E-state index contributed by atoms with van der Waals surface area (Å²) in [5, 5.41) is 14.7. The van der Waals surface area contributed by atoms with E-state index in [1.807, 2.05) is 32.0 Å². The predicted molar refractivity (Wildman–Crippen MR) is 89.5 cm³/mol. The summed E-state index contributed by atoms with van der Waals surface area (Å²) in [5.74, 6) is 0.773. The Balaban J connectivity index is 1.53. The lowest BCUT2D eigenvalue weighted by molar-refractivity contribution is -0.113. The number of carbonyl (C=O) groups excluding carboxylic acids is 1. The summed E-state index contributed by atoms with van der Waals surface area (Å²) in [7, 11) is 0. The first-order valence-electron chi connectivity index (χ1n) is 7.68. The normalized spacial score (nSPS) is 17.4. The van der Waals surface area contributed by atoms with Crippen molar-refractivity contribution < 1.29 is 9.21 Å². The van der Waals surface area contributed by atoms with Crippen LogP contribution in [0.15, 0.2) is 27.8 Å². The van der Waals surface area contributed by atoms with Crippen molar-refractivity contribution in [3.05, 3.63) is 35.2 Å². The Kier molecular flexibility index (Phi) is 4.97. The van der Waals surface area contributed by atoms with E-state index in [0.717, 1.165) is 36.2 Å². The van der Waals surface area contributed by atoms with Gasteiger partial charge in [0.1, 0.15) is 0 Å². The van der Waals surface area contributed by atoms with Crippen LogP contribution in [0.25, 0.3) is 0 Å². The van der Waals surface area contributed by atoms with E-state index in [0.29, 0.717) is 11.1 Å². The second-order valence-corrected chi connectivity index (χ2v) is 6.64. The molecule has 1 saturated heterocycles. The summed E-state index contributed by atoms with van der Waals surface area (Å²) in [6.07, 6.45) is 2.13. The summed E-state index contributed by atoms with van der Waals surface area (Å²) >= 11 is 1.26. The van der Waals surface area contributed by atoms with E-state index in [2.05, 4.69) is 20.8 Å². The molecule has 1 fully saturated rings. The summed E-state index contributed by atoms with van der Waals surface area (Å²) in [6, 6.07) is 6.14. The van der Waals surface area contributed by atoms with Crippen LogP contribution >= 0.6 is 11.8 Å². The van der Waals surface area contributed by atoms with Crippen LogP contribution in [0.4, 0.5) is 5.69 Å². The lowest BCUT2D eigenvalue weighted by atomic mass is 10.1. The average molecular weight is 332 g/mol. The van der Waals surface area contributed by atoms with E-state index in [1.165, 1.54) is 11.8 Å². The molecule has 1 amide bonds. The SMILES string of the molecule is Cc1ccc(C)c(NC(=O)CSc2nnc([C@@H]3CCCN3)o2)c1. The number of carbonyl (C=O) groups is 1. The standard InChI is InChI=1S/C16H20N4O2S/c1-10-5-6-11(2)13(8-10)18-14(21)9-23-16-20-19-15(22-16)12-4-3-7-17-12/h5-6,8,12,17H,3-4,7,9H2,1-2H3,(H,18,21)/t12-/m0/s1. The van der Waals surface area contributed by atoms with Gasteiger partial charge in [-0.3, -0.25) is 4.79 Å². The largest absolute Gasteiger partial charge is 0.414 e. The van der Waals surface area contributed by atoms with Gasteiger partial charge in [0.25, 0.3) is 5.22 Å². The first-order valence-corrected chi connectivity index (χ1v) is 8.67. The number of hydrogen-bond acceptors (Lipinski definition) is 6. The number of thioether (sulfide) groups is 1. The molecule has 0 bridgehead atoms. The van der Waals surface area contributed by atoms with Crippen LogP contribution in [0.3, 0.4) is 0 Å². The van der Waals surface area contributed by atoms with E-state index >= 15 is 0 Å². The van der Waals surface area contributed by atoms with Gasteiger partial charge < -0.3 is 15.1 Å². The summed E-state index contributed by atoms with van der Waals surface area (Å²) in [6.45, 7) is 4.95. The Labute approximate surface area is 139 Å². The maximum atomic E-state index is 12.1. The molecule has 1 aromatic carbocycles. The van der Waals surface area contributed by atoms with Crippen LogP contribution in [0, 0.1) is 13.8 Å². The van der Waals surface area contributed by atoms with Gasteiger partial charge in [-0.2, -0.15) is 0 Å². The molecule has 1 aliphatic rings. The van der Waals surface area contributed by atoms with Gasteiger partial charge in [-0.25, -0.2) is 0 Å². The van der Waals surface area contributed by atoms with E-state index in [4.69, 9.17) is 4.42 Å². The maximum Gasteiger partial charge on any atom is 0.277 e. The zero-order valence-corrected chi connectivity index (χ0v) is 14.1. The Morgan fingerprint density at radius 2 is 2.30 bits per heavy atom. The number of nitrogens with one attached hydrogen (secondary N) is 2. The fraction of sp³-hybridized carbons (Fsp3) is 0.438. The lowest BCUT2D eigenvalue weighted by Crippen LogP contribution is -2.15. The molecule has 6 nitrogen and oxygen atoms in total. The molecular weight excluding hydrogens is 312 g/mol. The number of nitrogens with zero attached hydrogens (tertiary/aromatic N) is 2. The highest BCUT2D eigenvalue weighted by Crippen LogP contribution is 2.25. The van der Waals surface area contributed by atoms with Gasteiger partial charge in [0, 0.05) is 5.69 Å². The van der Waals surface area contributed by atoms with Gasteiger partial charge in [-0.1, -0.05) is 23.9 Å². The van der Waals surface area contributed by atoms with Crippen LogP contribution < -0.4 is 10.6 Å². The third kappa shape index (κ3) is 4.11. The highest BCUT2D eigenvalue weighted by atomic mass is 32.2. The molecule has 0 unspecified atom stereocenters. The van der Waals surface area contributed by atoms with E-state index < -0.39 is 0 Å². The predicted octanol–water partition coefficient (Wildman–Crippen LogP) is 2.84. The second kappa shape index (κ2) is 7.14. The fourth-order valence-electron chi connectivity index (χ4n) is 2.50. The number of rotatable bonds is 5. The molecule has 3 rings (SSSR count). The number of amides is 1. The molecule has 7 heteroatoms. The van der Waals surface area contributed by atoms with Crippen molar-refractivity contribution in [2.45, 2.75) is 38.0 Å². The number of anilines is 1. The molecule has 122 valence electrons. The second-order valence-electron chi connectivity index (χ2n) is 5.71. The molecule has 0 spiro atoms. The van der Waals surface area contributed by atoms with E-state index in [9.17, 15) is 4.79 Å². The van der Waals surface area contributed by atoms with Crippen molar-refractivity contribution in [1.82, 2.24) is 15.5 Å². The van der Waals surface area contributed by atoms with E-state index in [-0.39, 0.29) is 17.7 Å². The summed E-state index contributed by atoms with van der Waals surface area (Å²) < 4.78 is 5.61. The van der Waals surface area contributed by atoms with Gasteiger partial charge >= 0.3 is 0 Å². The molecule has 0 saturated carbocycles. The lowest BCUT2D eigenvalue weighted by Gasteiger charge is -2.08. The van der Waals surface area contributed by atoms with Crippen LogP contribution in [0.5, 0.6) is 0 Å². The van der Waals surface area contributed by atoms with Crippen LogP contribution in [0.2, 0.25) is 0 Å². The Morgan fingerprint density at radius 3 is 3.09 bits per heavy atom. The van der Waals surface area contributed by atoms with Crippen molar-refractivity contribution in [1.29, 1.82) is 0 Å². The molecule has 23 heavy (non-hydrogen) atoms. The Hall–Kier alpha value is -1.86. The molecule has 2 heterocycles. The first kappa shape index (κ1) is 16.0. The fourth-order valence-corrected chi connectivity index (χ4v) is 3.07. The number of aromatic nitrogens is 2. The van der Waals surface area contributed by atoms with Gasteiger partial charge in [0.05, 0.1) is 11.8 Å². The van der Waals surface area contributed by atoms with E-state index in [1.54, 1.807) is 0 Å². The number of aryl methyl sites for hydroxylation is 2. The van der Waals surface area contributed by atoms with Crippen LogP contribution in [0.1, 0.15) is 35.9 Å². The first-order chi connectivity index (χ1) is 11.1. The van der Waals surface area contributed by atoms with Crippen LogP contribution in [-0.4, -0.2) is 28.4 Å². The molecule has 2 N–H and O–H groups in total. The van der Waals surface area contributed by atoms with Gasteiger partial charge in [-0.15, -0.1) is 10.2 Å². The summed E-state index contributed by atoms with van der Waals surface area (Å²) in [5.41, 5.74) is 3.00. The third-order valence-electron chi connectivity index (χ3n) is 3.77. The average Bonchev–Trinajstić information content (AvgIpc) is 3.19. The van der Waals surface area contributed by atoms with Crippen molar-refractivity contribution in [2.75, 3.05) is 17.6 Å². The minimum Gasteiger partial charge on any atom is -0.414 e. The molecule has 1 aromatic heterocycles. The Morgan fingerprint density at radius 1 is 1.43 bits per heavy atom. The highest BCUT2D eigenvalue weighted by molar-refractivity contribution is 7.99. The zero-order valence-electron chi connectivity index (χ0n) is 13.3. The molecule has 0 aliphatic carbocycles. The number of benzene rings is 1. The smallest absolute Gasteiger partial charge is 0.277 e. The molecule has 2 aromatic rings. The van der Waals surface area contributed by atoms with Crippen molar-refractivity contribution in [3.63, 3.8) is 0 Å². The summed E-state index contributed by atoms with van der Waals surface area (Å²) in [4.78, 5) is 12.1. The third-order valence-corrected chi connectivity index (χ3v) is 4.59. The monoisotopic (exact) mass is 332 g/mol. The van der Waals surface area contributed by atoms with Crippen molar-refractivity contribution in [2.24, 2.45) is 0 Å². The van der Waals surface area contributed by atoms with Gasteiger partial charge in [-0.05, 0) is 50.4 Å². The molecule has 0 radical (unpaired) electrons. The molecular formula is C16H20N4O2S. The quantitative estimate of drug-likeness (QED) is 0.820.